The molecule has 0 aromatic heterocycles. The van der Waals surface area contributed by atoms with Crippen LogP contribution < -0.4 is 10.6 Å². The Bertz CT molecular complexity index is 1200. The number of nitrogens with one attached hydrogen (secondary N) is 2. The van der Waals surface area contributed by atoms with E-state index in [-0.39, 0.29) is 24.3 Å². The lowest BCUT2D eigenvalue weighted by Crippen LogP contribution is -2.56. The molecule has 10 heteroatoms. The molecule has 0 radical (unpaired) electrons. The molecule has 0 saturated carbocycles. The number of hydrogen-bond acceptors (Lipinski definition) is 5. The number of aliphatic hydroxyl groups excluding tert-OH is 1. The van der Waals surface area contributed by atoms with Gasteiger partial charge in [0, 0.05) is 24.1 Å². The third kappa shape index (κ3) is 6.95. The fourth-order valence-electron chi connectivity index (χ4n) is 4.30. The number of alkyl halides is 2. The highest BCUT2D eigenvalue weighted by Gasteiger charge is 2.51. The second-order valence-electron chi connectivity index (χ2n) is 9.56. The molecule has 38 heavy (non-hydrogen) atoms. The molecule has 8 nitrogen and oxygen atoms in total. The van der Waals surface area contributed by atoms with Gasteiger partial charge in [0.05, 0.1) is 12.6 Å². The molecule has 3 atom stereocenters. The molecule has 2 aromatic carbocycles. The van der Waals surface area contributed by atoms with E-state index in [1.165, 1.54) is 18.2 Å². The van der Waals surface area contributed by atoms with Gasteiger partial charge < -0.3 is 25.7 Å². The summed E-state index contributed by atoms with van der Waals surface area (Å²) in [4.78, 5) is 39.9. The van der Waals surface area contributed by atoms with Crippen LogP contribution in [0.3, 0.4) is 0 Å². The van der Waals surface area contributed by atoms with Crippen LogP contribution in [0, 0.1) is 6.92 Å². The molecule has 1 heterocycles. The number of aromatic hydroxyl groups is 1. The van der Waals surface area contributed by atoms with E-state index in [0.717, 1.165) is 5.57 Å². The summed E-state index contributed by atoms with van der Waals surface area (Å²) in [7, 11) is 0. The first-order valence-corrected chi connectivity index (χ1v) is 12.3. The number of allylic oxidation sites excluding steroid dienone is 1. The molecule has 0 bridgehead atoms. The van der Waals surface area contributed by atoms with Gasteiger partial charge in [-0.05, 0) is 44.9 Å². The van der Waals surface area contributed by atoms with Crippen molar-refractivity contribution < 1.29 is 33.4 Å². The smallest absolute Gasteiger partial charge is 0.267 e. The van der Waals surface area contributed by atoms with Crippen LogP contribution in [0.15, 0.2) is 60.2 Å². The molecule has 1 aliphatic rings. The van der Waals surface area contributed by atoms with Crippen molar-refractivity contribution in [1.29, 1.82) is 0 Å². The maximum Gasteiger partial charge on any atom is 0.267 e. The third-order valence-corrected chi connectivity index (χ3v) is 6.69. The van der Waals surface area contributed by atoms with Gasteiger partial charge in [-0.25, -0.2) is 8.78 Å². The van der Waals surface area contributed by atoms with Crippen LogP contribution in [0.2, 0.25) is 0 Å². The summed E-state index contributed by atoms with van der Waals surface area (Å²) in [6, 6.07) is 10.4. The molecule has 3 rings (SSSR count). The summed E-state index contributed by atoms with van der Waals surface area (Å²) in [6.45, 7) is 4.19. The first kappa shape index (κ1) is 28.8. The zero-order valence-corrected chi connectivity index (χ0v) is 21.6. The Morgan fingerprint density at radius 1 is 1.16 bits per heavy atom. The number of hydrogen-bond donors (Lipinski definition) is 4. The maximum absolute atomic E-state index is 14.4. The van der Waals surface area contributed by atoms with E-state index >= 15 is 0 Å². The van der Waals surface area contributed by atoms with Crippen LogP contribution in [-0.2, 0) is 16.0 Å². The van der Waals surface area contributed by atoms with Crippen LogP contribution in [0.4, 0.5) is 8.78 Å². The van der Waals surface area contributed by atoms with E-state index in [9.17, 15) is 33.4 Å². The van der Waals surface area contributed by atoms with Crippen molar-refractivity contribution in [3.63, 3.8) is 0 Å². The average Bonchev–Trinajstić information content (AvgIpc) is 3.23. The van der Waals surface area contributed by atoms with Crippen molar-refractivity contribution in [2.75, 3.05) is 13.1 Å². The van der Waals surface area contributed by atoms with Crippen molar-refractivity contribution >= 4 is 17.7 Å². The molecule has 0 spiro atoms. The number of carbonyl (C=O) groups is 3. The van der Waals surface area contributed by atoms with E-state index in [1.807, 2.05) is 0 Å². The van der Waals surface area contributed by atoms with Gasteiger partial charge in [0.15, 0.2) is 6.10 Å². The number of phenolic OH excluding ortho intramolecular Hbond substituents is 1. The minimum absolute atomic E-state index is 0.0128. The molecule has 0 unspecified atom stereocenters. The first-order valence-electron chi connectivity index (χ1n) is 12.3. The number of benzene rings is 2. The number of phenols is 1. The SMILES string of the molecule is CC=C(C)CNC(=O)[C@@H]1CC(F)(F)CN1C(=O)[C@@H](O)[C@H](Cc1ccccc1)NC(=O)c1cccc(O)c1C. The van der Waals surface area contributed by atoms with Crippen molar-refractivity contribution in [3.8, 4) is 5.75 Å². The average molecular weight is 530 g/mol. The van der Waals surface area contributed by atoms with Gasteiger partial charge >= 0.3 is 0 Å². The largest absolute Gasteiger partial charge is 0.508 e. The summed E-state index contributed by atoms with van der Waals surface area (Å²) >= 11 is 0. The number of halogens is 2. The van der Waals surface area contributed by atoms with Crippen molar-refractivity contribution in [2.24, 2.45) is 0 Å². The van der Waals surface area contributed by atoms with Crippen LogP contribution in [0.5, 0.6) is 5.75 Å². The molecule has 2 aromatic rings. The molecular formula is C28H33F2N3O5. The minimum Gasteiger partial charge on any atom is -0.508 e. The van der Waals surface area contributed by atoms with Gasteiger partial charge in [-0.2, -0.15) is 0 Å². The maximum atomic E-state index is 14.4. The number of nitrogens with zero attached hydrogens (tertiary/aromatic N) is 1. The van der Waals surface area contributed by atoms with E-state index in [2.05, 4.69) is 10.6 Å². The Morgan fingerprint density at radius 2 is 1.84 bits per heavy atom. The predicted octanol–water partition coefficient (Wildman–Crippen LogP) is 2.72. The fourth-order valence-corrected chi connectivity index (χ4v) is 4.30. The van der Waals surface area contributed by atoms with E-state index < -0.39 is 54.8 Å². The minimum atomic E-state index is -3.32. The Labute approximate surface area is 220 Å². The topological polar surface area (TPSA) is 119 Å². The molecule has 1 saturated heterocycles. The number of aliphatic hydroxyl groups is 1. The predicted molar refractivity (Wildman–Crippen MR) is 138 cm³/mol. The summed E-state index contributed by atoms with van der Waals surface area (Å²) in [5.41, 5.74) is 1.93. The summed E-state index contributed by atoms with van der Waals surface area (Å²) < 4.78 is 28.8. The van der Waals surface area contributed by atoms with E-state index in [4.69, 9.17) is 0 Å². The highest BCUT2D eigenvalue weighted by molar-refractivity contribution is 5.97. The van der Waals surface area contributed by atoms with E-state index in [0.29, 0.717) is 16.0 Å². The van der Waals surface area contributed by atoms with Crippen molar-refractivity contribution in [1.82, 2.24) is 15.5 Å². The Kier molecular flexibility index (Phi) is 9.22. The second-order valence-corrected chi connectivity index (χ2v) is 9.56. The van der Waals surface area contributed by atoms with Gasteiger partial charge in [-0.1, -0.05) is 48.0 Å². The zero-order chi connectivity index (χ0) is 28.0. The molecule has 3 amide bonds. The molecule has 1 fully saturated rings. The number of amides is 3. The summed E-state index contributed by atoms with van der Waals surface area (Å²) in [6.07, 6.45) is -1.01. The highest BCUT2D eigenvalue weighted by atomic mass is 19.3. The number of likely N-dealkylation sites (tertiary alicyclic amines) is 1. The molecule has 204 valence electrons. The van der Waals surface area contributed by atoms with Gasteiger partial charge in [0.1, 0.15) is 11.8 Å². The number of carbonyl (C=O) groups excluding carboxylic acids is 3. The summed E-state index contributed by atoms with van der Waals surface area (Å²) in [5.74, 6) is -5.91. The first-order chi connectivity index (χ1) is 17.9. The van der Waals surface area contributed by atoms with Crippen LogP contribution in [-0.4, -0.2) is 70.0 Å². The van der Waals surface area contributed by atoms with E-state index in [1.54, 1.807) is 57.2 Å². The molecule has 0 aliphatic carbocycles. The van der Waals surface area contributed by atoms with Crippen molar-refractivity contribution in [2.45, 2.75) is 57.7 Å². The lowest BCUT2D eigenvalue weighted by molar-refractivity contribution is -0.147. The molecule has 4 N–H and O–H groups in total. The van der Waals surface area contributed by atoms with Gasteiger partial charge in [0.25, 0.3) is 17.7 Å². The monoisotopic (exact) mass is 529 g/mol. The lowest BCUT2D eigenvalue weighted by Gasteiger charge is -2.30. The van der Waals surface area contributed by atoms with Gasteiger partial charge in [0.2, 0.25) is 5.91 Å². The Balaban J connectivity index is 1.86. The third-order valence-electron chi connectivity index (χ3n) is 6.69. The normalized spacial score (nSPS) is 18.5. The van der Waals surface area contributed by atoms with Gasteiger partial charge in [-0.3, -0.25) is 14.4 Å². The summed E-state index contributed by atoms with van der Waals surface area (Å²) in [5, 5.41) is 26.3. The quantitative estimate of drug-likeness (QED) is 0.373. The lowest BCUT2D eigenvalue weighted by atomic mass is 9.98. The van der Waals surface area contributed by atoms with Gasteiger partial charge in [-0.15, -0.1) is 0 Å². The van der Waals surface area contributed by atoms with Crippen LogP contribution in [0.1, 0.15) is 41.8 Å². The zero-order valence-electron chi connectivity index (χ0n) is 21.6. The molecule has 1 aliphatic heterocycles. The second kappa shape index (κ2) is 12.2. The van der Waals surface area contributed by atoms with Crippen LogP contribution >= 0.6 is 0 Å². The van der Waals surface area contributed by atoms with Crippen LogP contribution in [0.25, 0.3) is 0 Å². The highest BCUT2D eigenvalue weighted by Crippen LogP contribution is 2.33. The van der Waals surface area contributed by atoms with Crippen molar-refractivity contribution in [3.05, 3.63) is 76.9 Å². The fraction of sp³-hybridized carbons (Fsp3) is 0.393. The standard InChI is InChI=1S/C28H33F2N3O5/c1-4-17(2)15-31-26(37)22-14-28(29,30)16-33(22)27(38)24(35)21(13-19-9-6-5-7-10-19)32-25(36)20-11-8-12-23(34)18(20)3/h4-12,21-22,24,34-35H,13-16H2,1-3H3,(H,31,37)(H,32,36)/t21-,22-,24-/m0/s1. The number of rotatable bonds is 9. The Morgan fingerprint density at radius 3 is 2.50 bits per heavy atom. The molecular weight excluding hydrogens is 496 g/mol. The Hall–Kier alpha value is -3.79.